The SMILES string of the molecule is CC(=O)N1CCN(C(=O)Nc2ncc(C#Cc3cc(C(=O)Nc4cc(C(F)(F)F)ccn4)ccc3C)s2)CC1. The van der Waals surface area contributed by atoms with Gasteiger partial charge in [0, 0.05) is 50.4 Å². The van der Waals surface area contributed by atoms with E-state index in [1.165, 1.54) is 30.5 Å². The second-order valence-electron chi connectivity index (χ2n) is 8.61. The summed E-state index contributed by atoms with van der Waals surface area (Å²) < 4.78 is 38.8. The molecule has 3 heterocycles. The van der Waals surface area contributed by atoms with E-state index in [-0.39, 0.29) is 23.3 Å². The number of rotatable bonds is 3. The average Bonchev–Trinajstić information content (AvgIpc) is 3.35. The molecule has 4 amide bonds. The van der Waals surface area contributed by atoms with E-state index in [0.717, 1.165) is 23.9 Å². The summed E-state index contributed by atoms with van der Waals surface area (Å²) in [6.45, 7) is 5.12. The third-order valence-electron chi connectivity index (χ3n) is 5.88. The molecule has 9 nitrogen and oxygen atoms in total. The van der Waals surface area contributed by atoms with E-state index in [2.05, 4.69) is 32.4 Å². The number of alkyl halides is 3. The van der Waals surface area contributed by atoms with E-state index in [1.54, 1.807) is 21.9 Å². The Hall–Kier alpha value is -4.44. The first kappa shape index (κ1) is 27.6. The van der Waals surface area contributed by atoms with E-state index in [1.807, 2.05) is 6.92 Å². The molecule has 0 saturated carbocycles. The number of amides is 4. The van der Waals surface area contributed by atoms with Crippen LogP contribution in [0.5, 0.6) is 0 Å². The Balaban J connectivity index is 1.40. The average molecular weight is 557 g/mol. The van der Waals surface area contributed by atoms with Crippen molar-refractivity contribution in [2.75, 3.05) is 36.8 Å². The summed E-state index contributed by atoms with van der Waals surface area (Å²) in [5, 5.41) is 5.49. The molecule has 1 saturated heterocycles. The number of hydrogen-bond donors (Lipinski definition) is 2. The van der Waals surface area contributed by atoms with Crippen LogP contribution in [0.25, 0.3) is 0 Å². The van der Waals surface area contributed by atoms with Gasteiger partial charge in [-0.3, -0.25) is 14.9 Å². The fourth-order valence-electron chi connectivity index (χ4n) is 3.68. The third kappa shape index (κ3) is 7.11. The lowest BCUT2D eigenvalue weighted by molar-refractivity contribution is -0.137. The standard InChI is InChI=1S/C26H23F3N6O3S/c1-16-3-4-19(23(37)32-22-14-20(7-8-30-22)26(27,28)29)13-18(16)5-6-21-15-31-24(39-21)33-25(38)35-11-9-34(10-12-35)17(2)36/h3-4,7-8,13-15H,9-12H2,1-2H3,(H,30,32,37)(H,31,33,38). The molecule has 0 unspecified atom stereocenters. The Morgan fingerprint density at radius 3 is 2.38 bits per heavy atom. The second kappa shape index (κ2) is 11.5. The van der Waals surface area contributed by atoms with Gasteiger partial charge in [0.05, 0.1) is 16.6 Å². The summed E-state index contributed by atoms with van der Waals surface area (Å²) in [5.74, 6) is 5.07. The zero-order chi connectivity index (χ0) is 28.2. The maximum atomic E-state index is 12.9. The number of hydrogen-bond acceptors (Lipinski definition) is 6. The lowest BCUT2D eigenvalue weighted by atomic mass is 10.0. The highest BCUT2D eigenvalue weighted by Gasteiger charge is 2.31. The van der Waals surface area contributed by atoms with Gasteiger partial charge >= 0.3 is 12.2 Å². The summed E-state index contributed by atoms with van der Waals surface area (Å²) in [4.78, 5) is 48.5. The van der Waals surface area contributed by atoms with Crippen molar-refractivity contribution in [1.29, 1.82) is 0 Å². The number of aromatic nitrogens is 2. The van der Waals surface area contributed by atoms with Crippen molar-refractivity contribution in [3.63, 3.8) is 0 Å². The minimum absolute atomic E-state index is 0.0210. The summed E-state index contributed by atoms with van der Waals surface area (Å²) in [6, 6.07) is 6.04. The minimum atomic E-state index is -4.56. The Kier molecular flexibility index (Phi) is 8.15. The monoisotopic (exact) mass is 556 g/mol. The third-order valence-corrected chi connectivity index (χ3v) is 6.71. The Morgan fingerprint density at radius 2 is 1.69 bits per heavy atom. The lowest BCUT2D eigenvalue weighted by Gasteiger charge is -2.33. The fraction of sp³-hybridized carbons (Fsp3) is 0.269. The number of aryl methyl sites for hydroxylation is 1. The molecule has 0 atom stereocenters. The maximum Gasteiger partial charge on any atom is 0.416 e. The highest BCUT2D eigenvalue weighted by molar-refractivity contribution is 7.16. The zero-order valence-electron chi connectivity index (χ0n) is 20.9. The summed E-state index contributed by atoms with van der Waals surface area (Å²) in [6.07, 6.45) is -2.06. The first-order valence-electron chi connectivity index (χ1n) is 11.7. The number of anilines is 2. The van der Waals surface area contributed by atoms with Crippen LogP contribution in [0.3, 0.4) is 0 Å². The van der Waals surface area contributed by atoms with E-state index in [0.29, 0.717) is 41.8 Å². The molecule has 1 aliphatic heterocycles. The minimum Gasteiger partial charge on any atom is -0.339 e. The molecule has 0 radical (unpaired) electrons. The van der Waals surface area contributed by atoms with Crippen molar-refractivity contribution < 1.29 is 27.6 Å². The molecule has 202 valence electrons. The van der Waals surface area contributed by atoms with Crippen LogP contribution < -0.4 is 10.6 Å². The van der Waals surface area contributed by atoms with Crippen molar-refractivity contribution in [2.45, 2.75) is 20.0 Å². The summed E-state index contributed by atoms with van der Waals surface area (Å²) >= 11 is 1.18. The van der Waals surface area contributed by atoms with Crippen LogP contribution in [0.2, 0.25) is 0 Å². The topological polar surface area (TPSA) is 108 Å². The number of benzene rings is 1. The molecule has 1 fully saturated rings. The predicted octanol–water partition coefficient (Wildman–Crippen LogP) is 4.21. The molecule has 0 aliphatic carbocycles. The summed E-state index contributed by atoms with van der Waals surface area (Å²) in [5.41, 5.74) is 0.617. The Morgan fingerprint density at radius 1 is 0.974 bits per heavy atom. The van der Waals surface area contributed by atoms with Crippen molar-refractivity contribution in [3.05, 3.63) is 69.9 Å². The van der Waals surface area contributed by atoms with E-state index in [9.17, 15) is 27.6 Å². The van der Waals surface area contributed by atoms with Crippen LogP contribution in [-0.2, 0) is 11.0 Å². The van der Waals surface area contributed by atoms with Crippen LogP contribution in [-0.4, -0.2) is 63.8 Å². The number of carbonyl (C=O) groups excluding carboxylic acids is 3. The Labute approximate surface area is 226 Å². The van der Waals surface area contributed by atoms with Gasteiger partial charge in [-0.25, -0.2) is 14.8 Å². The number of piperazine rings is 1. The number of carbonyl (C=O) groups is 3. The normalized spacial score (nSPS) is 13.4. The van der Waals surface area contributed by atoms with Gasteiger partial charge in [-0.2, -0.15) is 13.2 Å². The van der Waals surface area contributed by atoms with E-state index < -0.39 is 17.6 Å². The number of urea groups is 1. The van der Waals surface area contributed by atoms with Gasteiger partial charge in [0.2, 0.25) is 5.91 Å². The van der Waals surface area contributed by atoms with Crippen molar-refractivity contribution in [2.24, 2.45) is 0 Å². The smallest absolute Gasteiger partial charge is 0.339 e. The van der Waals surface area contributed by atoms with E-state index in [4.69, 9.17) is 0 Å². The first-order valence-corrected chi connectivity index (χ1v) is 12.6. The van der Waals surface area contributed by atoms with Gasteiger partial charge in [-0.1, -0.05) is 23.3 Å². The van der Waals surface area contributed by atoms with E-state index >= 15 is 0 Å². The van der Waals surface area contributed by atoms with Gasteiger partial charge < -0.3 is 15.1 Å². The predicted molar refractivity (Wildman–Crippen MR) is 139 cm³/mol. The highest BCUT2D eigenvalue weighted by atomic mass is 32.1. The molecule has 1 aliphatic rings. The van der Waals surface area contributed by atoms with Crippen molar-refractivity contribution in [3.8, 4) is 11.8 Å². The van der Waals surface area contributed by atoms with Gasteiger partial charge in [0.15, 0.2) is 5.13 Å². The number of nitrogens with zero attached hydrogens (tertiary/aromatic N) is 4. The number of halogens is 3. The summed E-state index contributed by atoms with van der Waals surface area (Å²) in [7, 11) is 0. The van der Waals surface area contributed by atoms with Crippen molar-refractivity contribution in [1.82, 2.24) is 19.8 Å². The molecule has 2 N–H and O–H groups in total. The first-order chi connectivity index (χ1) is 18.5. The van der Waals surface area contributed by atoms with Crippen LogP contribution in [0.1, 0.15) is 38.8 Å². The van der Waals surface area contributed by atoms with Gasteiger partial charge in [-0.15, -0.1) is 0 Å². The number of nitrogens with one attached hydrogen (secondary N) is 2. The molecule has 0 spiro atoms. The number of pyridine rings is 1. The molecular weight excluding hydrogens is 533 g/mol. The number of thiazole rings is 1. The van der Waals surface area contributed by atoms with Crippen LogP contribution in [0, 0.1) is 18.8 Å². The van der Waals surface area contributed by atoms with Gasteiger partial charge in [0.25, 0.3) is 5.91 Å². The van der Waals surface area contributed by atoms with Crippen LogP contribution in [0.4, 0.5) is 28.9 Å². The van der Waals surface area contributed by atoms with Crippen molar-refractivity contribution >= 4 is 40.1 Å². The van der Waals surface area contributed by atoms with Gasteiger partial charge in [-0.05, 0) is 42.7 Å². The molecule has 39 heavy (non-hydrogen) atoms. The maximum absolute atomic E-state index is 12.9. The Bertz CT molecular complexity index is 1470. The van der Waals surface area contributed by atoms with Crippen LogP contribution >= 0.6 is 11.3 Å². The fourth-order valence-corrected chi connectivity index (χ4v) is 4.33. The molecule has 3 aromatic rings. The van der Waals surface area contributed by atoms with Crippen LogP contribution in [0.15, 0.2) is 42.7 Å². The molecule has 0 bridgehead atoms. The zero-order valence-corrected chi connectivity index (χ0v) is 21.7. The molecule has 1 aromatic carbocycles. The second-order valence-corrected chi connectivity index (χ2v) is 9.64. The quantitative estimate of drug-likeness (QED) is 0.470. The van der Waals surface area contributed by atoms with Gasteiger partial charge in [0.1, 0.15) is 5.82 Å². The molecule has 4 rings (SSSR count). The lowest BCUT2D eigenvalue weighted by Crippen LogP contribution is -2.51. The molecular formula is C26H23F3N6O3S. The highest BCUT2D eigenvalue weighted by Crippen LogP contribution is 2.30. The molecule has 13 heteroatoms. The molecule has 2 aromatic heterocycles. The largest absolute Gasteiger partial charge is 0.416 e.